The van der Waals surface area contributed by atoms with Crippen LogP contribution in [0.25, 0.3) is 0 Å². The molecule has 2 atom stereocenters. The lowest BCUT2D eigenvalue weighted by Gasteiger charge is -2.40. The molecule has 1 aromatic rings. The maximum atomic E-state index is 11.1. The number of halogens is 1. The Morgan fingerprint density at radius 3 is 2.70 bits per heavy atom. The van der Waals surface area contributed by atoms with Crippen LogP contribution in [-0.4, -0.2) is 74.5 Å². The number of carbonyl (C=O) groups is 1. The second-order valence-corrected chi connectivity index (χ2v) is 8.93. The van der Waals surface area contributed by atoms with E-state index in [2.05, 4.69) is 44.6 Å². The van der Waals surface area contributed by atoms with Gasteiger partial charge in [-0.1, -0.05) is 23.7 Å². The van der Waals surface area contributed by atoms with Gasteiger partial charge in [0.2, 0.25) is 5.91 Å². The number of likely N-dealkylation sites (tertiary alicyclic amines) is 2. The van der Waals surface area contributed by atoms with Gasteiger partial charge in [-0.15, -0.1) is 0 Å². The first-order valence-electron chi connectivity index (χ1n) is 10.9. The average molecular weight is 435 g/mol. The molecular formula is C22H35ClN6O. The summed E-state index contributed by atoms with van der Waals surface area (Å²) in [5.74, 6) is 1.07. The number of nitrogens with zero attached hydrogens (tertiary/aromatic N) is 3. The van der Waals surface area contributed by atoms with E-state index in [1.165, 1.54) is 18.4 Å². The molecule has 0 spiro atoms. The molecule has 2 heterocycles. The third kappa shape index (κ3) is 6.33. The Balaban J connectivity index is 1.54. The summed E-state index contributed by atoms with van der Waals surface area (Å²) in [4.78, 5) is 20.1. The zero-order valence-corrected chi connectivity index (χ0v) is 18.9. The summed E-state index contributed by atoms with van der Waals surface area (Å²) >= 11 is 6.26. The number of hydrogen-bond donors (Lipinski definition) is 3. The Kier molecular flexibility index (Phi) is 8.36. The van der Waals surface area contributed by atoms with E-state index in [9.17, 15) is 4.79 Å². The van der Waals surface area contributed by atoms with Gasteiger partial charge in [0, 0.05) is 43.8 Å². The van der Waals surface area contributed by atoms with Crippen molar-refractivity contribution < 1.29 is 4.79 Å². The number of rotatable bonds is 6. The standard InChI is InChI=1S/C22H35ClN6O/c1-25-22(27-19-8-11-29(12-9-19)15-20(24)30)26-14-17-6-4-10-28(2)21(17)16-5-3-7-18(23)13-16/h3,5,7,13,17,19,21H,4,6,8-12,14-15H2,1-2H3,(H2,24,30)(H2,25,26,27). The summed E-state index contributed by atoms with van der Waals surface area (Å²) in [5, 5.41) is 7.90. The van der Waals surface area contributed by atoms with Gasteiger partial charge in [-0.3, -0.25) is 19.6 Å². The minimum absolute atomic E-state index is 0.259. The summed E-state index contributed by atoms with van der Waals surface area (Å²) in [6.45, 7) is 4.07. The first-order valence-corrected chi connectivity index (χ1v) is 11.3. The van der Waals surface area contributed by atoms with Crippen LogP contribution in [0.2, 0.25) is 5.02 Å². The number of guanidine groups is 1. The van der Waals surface area contributed by atoms with Gasteiger partial charge in [-0.05, 0) is 62.9 Å². The minimum Gasteiger partial charge on any atom is -0.369 e. The van der Waals surface area contributed by atoms with Gasteiger partial charge in [-0.25, -0.2) is 0 Å². The fourth-order valence-electron chi connectivity index (χ4n) is 4.76. The normalized spacial score (nSPS) is 24.6. The number of hydrogen-bond acceptors (Lipinski definition) is 4. The van der Waals surface area contributed by atoms with Crippen LogP contribution in [0.3, 0.4) is 0 Å². The molecule has 2 unspecified atom stereocenters. The predicted octanol–water partition coefficient (Wildman–Crippen LogP) is 1.84. The highest BCUT2D eigenvalue weighted by atomic mass is 35.5. The molecule has 2 fully saturated rings. The number of carbonyl (C=O) groups excluding carboxylic acids is 1. The lowest BCUT2D eigenvalue weighted by molar-refractivity contribution is -0.119. The molecule has 166 valence electrons. The molecule has 0 radical (unpaired) electrons. The van der Waals surface area contributed by atoms with E-state index in [0.29, 0.717) is 24.5 Å². The molecule has 1 aromatic carbocycles. The summed E-state index contributed by atoms with van der Waals surface area (Å²) in [6, 6.07) is 8.95. The van der Waals surface area contributed by atoms with Crippen molar-refractivity contribution in [3.8, 4) is 0 Å². The van der Waals surface area contributed by atoms with Gasteiger partial charge in [-0.2, -0.15) is 0 Å². The highest BCUT2D eigenvalue weighted by Crippen LogP contribution is 2.35. The second kappa shape index (κ2) is 11.0. The number of benzene rings is 1. The van der Waals surface area contributed by atoms with Crippen LogP contribution in [-0.2, 0) is 4.79 Å². The Bertz CT molecular complexity index is 734. The van der Waals surface area contributed by atoms with Crippen molar-refractivity contribution in [1.29, 1.82) is 0 Å². The molecule has 2 aliphatic heterocycles. The van der Waals surface area contributed by atoms with E-state index in [1.54, 1.807) is 0 Å². The minimum atomic E-state index is -0.259. The van der Waals surface area contributed by atoms with Crippen LogP contribution in [0.15, 0.2) is 29.3 Å². The van der Waals surface area contributed by atoms with Crippen molar-refractivity contribution in [3.05, 3.63) is 34.9 Å². The number of nitrogens with one attached hydrogen (secondary N) is 2. The summed E-state index contributed by atoms with van der Waals surface area (Å²) in [6.07, 6.45) is 4.33. The Labute approximate surface area is 185 Å². The molecule has 2 saturated heterocycles. The maximum Gasteiger partial charge on any atom is 0.231 e. The maximum absolute atomic E-state index is 11.1. The molecule has 0 bridgehead atoms. The topological polar surface area (TPSA) is 86.0 Å². The summed E-state index contributed by atoms with van der Waals surface area (Å²) in [5.41, 5.74) is 6.58. The summed E-state index contributed by atoms with van der Waals surface area (Å²) in [7, 11) is 4.02. The first kappa shape index (κ1) is 22.8. The SMILES string of the molecule is CN=C(NCC1CCCN(C)C1c1cccc(Cl)c1)NC1CCN(CC(N)=O)CC1. The molecule has 7 nitrogen and oxygen atoms in total. The van der Waals surface area contributed by atoms with E-state index < -0.39 is 0 Å². The highest BCUT2D eigenvalue weighted by molar-refractivity contribution is 6.30. The van der Waals surface area contributed by atoms with Crippen LogP contribution in [0.5, 0.6) is 0 Å². The quantitative estimate of drug-likeness (QED) is 0.470. The molecule has 30 heavy (non-hydrogen) atoms. The van der Waals surface area contributed by atoms with E-state index in [-0.39, 0.29) is 5.91 Å². The summed E-state index contributed by atoms with van der Waals surface area (Å²) < 4.78 is 0. The lowest BCUT2D eigenvalue weighted by Crippen LogP contribution is -2.51. The van der Waals surface area contributed by atoms with Crippen LogP contribution >= 0.6 is 11.6 Å². The molecule has 0 aliphatic carbocycles. The Hall–Kier alpha value is -1.83. The molecule has 8 heteroatoms. The molecule has 4 N–H and O–H groups in total. The number of primary amides is 1. The van der Waals surface area contributed by atoms with Crippen molar-refractivity contribution >= 4 is 23.5 Å². The predicted molar refractivity (Wildman–Crippen MR) is 123 cm³/mol. The Morgan fingerprint density at radius 2 is 2.03 bits per heavy atom. The van der Waals surface area contributed by atoms with E-state index in [4.69, 9.17) is 17.3 Å². The number of nitrogens with two attached hydrogens (primary N) is 1. The van der Waals surface area contributed by atoms with Gasteiger partial charge in [0.05, 0.1) is 6.54 Å². The van der Waals surface area contributed by atoms with Gasteiger partial charge >= 0.3 is 0 Å². The van der Waals surface area contributed by atoms with Crippen LogP contribution in [0.4, 0.5) is 0 Å². The van der Waals surface area contributed by atoms with E-state index >= 15 is 0 Å². The average Bonchev–Trinajstić information content (AvgIpc) is 2.72. The number of piperidine rings is 2. The number of amides is 1. The van der Waals surface area contributed by atoms with Crippen LogP contribution < -0.4 is 16.4 Å². The molecule has 1 amide bonds. The van der Waals surface area contributed by atoms with Gasteiger partial charge in [0.25, 0.3) is 0 Å². The third-order valence-electron chi connectivity index (χ3n) is 6.26. The van der Waals surface area contributed by atoms with Crippen LogP contribution in [0, 0.1) is 5.92 Å². The van der Waals surface area contributed by atoms with Gasteiger partial charge in [0.1, 0.15) is 0 Å². The van der Waals surface area contributed by atoms with Gasteiger partial charge < -0.3 is 16.4 Å². The Morgan fingerprint density at radius 1 is 1.27 bits per heavy atom. The van der Waals surface area contributed by atoms with Crippen molar-refractivity contribution in [2.45, 2.75) is 37.8 Å². The molecule has 0 saturated carbocycles. The smallest absolute Gasteiger partial charge is 0.231 e. The fourth-order valence-corrected chi connectivity index (χ4v) is 4.96. The third-order valence-corrected chi connectivity index (χ3v) is 6.50. The van der Waals surface area contributed by atoms with Crippen LogP contribution in [0.1, 0.15) is 37.3 Å². The van der Waals surface area contributed by atoms with E-state index in [1.807, 2.05) is 19.2 Å². The molecular weight excluding hydrogens is 400 g/mol. The van der Waals surface area contributed by atoms with Crippen molar-refractivity contribution in [2.75, 3.05) is 46.8 Å². The molecule has 2 aliphatic rings. The molecule has 0 aromatic heterocycles. The van der Waals surface area contributed by atoms with Crippen molar-refractivity contribution in [3.63, 3.8) is 0 Å². The van der Waals surface area contributed by atoms with E-state index in [0.717, 1.165) is 50.0 Å². The van der Waals surface area contributed by atoms with Gasteiger partial charge in [0.15, 0.2) is 5.96 Å². The lowest BCUT2D eigenvalue weighted by atomic mass is 9.85. The number of aliphatic imine (C=N–C) groups is 1. The zero-order valence-electron chi connectivity index (χ0n) is 18.1. The van der Waals surface area contributed by atoms with Crippen molar-refractivity contribution in [2.24, 2.45) is 16.6 Å². The fraction of sp³-hybridized carbons (Fsp3) is 0.636. The first-order chi connectivity index (χ1) is 14.5. The molecule has 3 rings (SSSR count). The monoisotopic (exact) mass is 434 g/mol. The zero-order chi connectivity index (χ0) is 21.5. The highest BCUT2D eigenvalue weighted by Gasteiger charge is 2.31. The largest absolute Gasteiger partial charge is 0.369 e. The van der Waals surface area contributed by atoms with Crippen molar-refractivity contribution in [1.82, 2.24) is 20.4 Å². The second-order valence-electron chi connectivity index (χ2n) is 8.50.